The molecule has 1 atom stereocenters. The summed E-state index contributed by atoms with van der Waals surface area (Å²) in [5, 5.41) is 0. The molecule has 0 radical (unpaired) electrons. The maximum atomic E-state index is 11.0. The van der Waals surface area contributed by atoms with Crippen LogP contribution in [0.25, 0.3) is 5.65 Å². The number of nitrogens with zero attached hydrogens (tertiary/aromatic N) is 4. The second-order valence-corrected chi connectivity index (χ2v) is 4.52. The van der Waals surface area contributed by atoms with E-state index in [9.17, 15) is 4.79 Å². The molecule has 7 heteroatoms. The van der Waals surface area contributed by atoms with Crippen LogP contribution in [0.4, 0.5) is 5.82 Å². The molecule has 2 aromatic rings. The predicted octanol–water partition coefficient (Wildman–Crippen LogP) is -0.190. The van der Waals surface area contributed by atoms with Gasteiger partial charge in [-0.05, 0) is 0 Å². The lowest BCUT2D eigenvalue weighted by atomic mass is 10.2. The van der Waals surface area contributed by atoms with Gasteiger partial charge in [0.25, 0.3) is 0 Å². The van der Waals surface area contributed by atoms with E-state index < -0.39 is 0 Å². The number of morpholine rings is 1. The number of amides is 1. The van der Waals surface area contributed by atoms with E-state index in [0.717, 1.165) is 18.0 Å². The lowest BCUT2D eigenvalue weighted by Gasteiger charge is -2.33. The van der Waals surface area contributed by atoms with Crippen molar-refractivity contribution in [1.82, 2.24) is 14.4 Å². The van der Waals surface area contributed by atoms with E-state index in [-0.39, 0.29) is 18.4 Å². The van der Waals surface area contributed by atoms with Crippen LogP contribution < -0.4 is 10.6 Å². The molecule has 7 nitrogen and oxygen atoms in total. The summed E-state index contributed by atoms with van der Waals surface area (Å²) in [5.41, 5.74) is 6.02. The first-order valence-electron chi connectivity index (χ1n) is 6.16. The average molecular weight is 261 g/mol. The second-order valence-electron chi connectivity index (χ2n) is 4.52. The molecule has 1 unspecified atom stereocenters. The molecule has 0 saturated carbocycles. The minimum Gasteiger partial charge on any atom is -0.374 e. The molecule has 3 heterocycles. The summed E-state index contributed by atoms with van der Waals surface area (Å²) in [6.07, 6.45) is 7.26. The molecule has 1 aliphatic heterocycles. The first kappa shape index (κ1) is 11.9. The maximum Gasteiger partial charge on any atom is 0.220 e. The van der Waals surface area contributed by atoms with E-state index in [2.05, 4.69) is 14.9 Å². The highest BCUT2D eigenvalue weighted by atomic mass is 16.5. The average Bonchev–Trinajstić information content (AvgIpc) is 2.86. The third kappa shape index (κ3) is 2.37. The number of nitrogens with two attached hydrogens (primary N) is 1. The van der Waals surface area contributed by atoms with Crippen molar-refractivity contribution in [1.29, 1.82) is 0 Å². The molecule has 0 bridgehead atoms. The van der Waals surface area contributed by atoms with Crippen LogP contribution in [0.5, 0.6) is 0 Å². The molecule has 2 aromatic heterocycles. The number of carbonyl (C=O) groups is 1. The number of primary amides is 1. The normalized spacial score (nSPS) is 19.8. The van der Waals surface area contributed by atoms with Gasteiger partial charge >= 0.3 is 0 Å². The van der Waals surface area contributed by atoms with E-state index in [1.54, 1.807) is 12.4 Å². The van der Waals surface area contributed by atoms with Crippen LogP contribution in [0.1, 0.15) is 6.42 Å². The maximum absolute atomic E-state index is 11.0. The fourth-order valence-corrected chi connectivity index (χ4v) is 2.32. The van der Waals surface area contributed by atoms with Gasteiger partial charge < -0.3 is 19.8 Å². The Morgan fingerprint density at radius 2 is 2.21 bits per heavy atom. The Kier molecular flexibility index (Phi) is 3.04. The zero-order valence-corrected chi connectivity index (χ0v) is 10.4. The van der Waals surface area contributed by atoms with Gasteiger partial charge in [-0.15, -0.1) is 0 Å². The number of rotatable bonds is 3. The lowest BCUT2D eigenvalue weighted by molar-refractivity contribution is -0.121. The fourth-order valence-electron chi connectivity index (χ4n) is 2.32. The second kappa shape index (κ2) is 4.85. The van der Waals surface area contributed by atoms with Crippen molar-refractivity contribution in [3.8, 4) is 0 Å². The van der Waals surface area contributed by atoms with Gasteiger partial charge in [-0.25, -0.2) is 9.97 Å². The monoisotopic (exact) mass is 261 g/mol. The van der Waals surface area contributed by atoms with E-state index in [4.69, 9.17) is 10.5 Å². The molecule has 19 heavy (non-hydrogen) atoms. The molecule has 3 rings (SSSR count). The summed E-state index contributed by atoms with van der Waals surface area (Å²) in [6.45, 7) is 1.89. The molecule has 2 N–H and O–H groups in total. The topological polar surface area (TPSA) is 85.8 Å². The van der Waals surface area contributed by atoms with Crippen LogP contribution in [0.3, 0.4) is 0 Å². The van der Waals surface area contributed by atoms with Crippen molar-refractivity contribution in [2.24, 2.45) is 5.73 Å². The lowest BCUT2D eigenvalue weighted by Crippen LogP contribution is -2.44. The van der Waals surface area contributed by atoms with E-state index in [1.165, 1.54) is 0 Å². The molecule has 0 aromatic carbocycles. The Morgan fingerprint density at radius 1 is 1.42 bits per heavy atom. The fraction of sp³-hybridized carbons (Fsp3) is 0.417. The van der Waals surface area contributed by atoms with Crippen molar-refractivity contribution in [2.75, 3.05) is 24.6 Å². The van der Waals surface area contributed by atoms with Gasteiger partial charge in [0, 0.05) is 37.9 Å². The highest BCUT2D eigenvalue weighted by Crippen LogP contribution is 2.20. The number of carbonyl (C=O) groups excluding carboxylic acids is 1. The van der Waals surface area contributed by atoms with Gasteiger partial charge in [-0.2, -0.15) is 0 Å². The van der Waals surface area contributed by atoms with Gasteiger partial charge in [0.05, 0.1) is 19.1 Å². The summed E-state index contributed by atoms with van der Waals surface area (Å²) in [6, 6.07) is 0. The van der Waals surface area contributed by atoms with Crippen molar-refractivity contribution >= 4 is 17.4 Å². The Balaban J connectivity index is 1.85. The van der Waals surface area contributed by atoms with E-state index >= 15 is 0 Å². The highest BCUT2D eigenvalue weighted by Gasteiger charge is 2.24. The van der Waals surface area contributed by atoms with E-state index in [0.29, 0.717) is 13.2 Å². The Morgan fingerprint density at radius 3 is 3.00 bits per heavy atom. The standard InChI is InChI=1S/C12H15N5O2/c13-10(18)7-9-8-17(5-6-19-9)12-11-14-1-3-16(11)4-2-15-12/h1-4,9H,5-8H2,(H2,13,18). The Labute approximate surface area is 110 Å². The van der Waals surface area contributed by atoms with Crippen LogP contribution in [0.2, 0.25) is 0 Å². The van der Waals surface area contributed by atoms with Gasteiger partial charge in [0.15, 0.2) is 11.5 Å². The summed E-state index contributed by atoms with van der Waals surface area (Å²) in [4.78, 5) is 21.7. The molecule has 1 aliphatic rings. The minimum atomic E-state index is -0.348. The molecule has 1 fully saturated rings. The molecular weight excluding hydrogens is 246 g/mol. The highest BCUT2D eigenvalue weighted by molar-refractivity contribution is 5.74. The number of ether oxygens (including phenoxy) is 1. The summed E-state index contributed by atoms with van der Waals surface area (Å²) >= 11 is 0. The van der Waals surface area contributed by atoms with Crippen LogP contribution in [-0.4, -0.2) is 46.1 Å². The summed E-state index contributed by atoms with van der Waals surface area (Å²) in [7, 11) is 0. The largest absolute Gasteiger partial charge is 0.374 e. The van der Waals surface area contributed by atoms with Crippen LogP contribution in [0.15, 0.2) is 24.8 Å². The van der Waals surface area contributed by atoms with Crippen molar-refractivity contribution < 1.29 is 9.53 Å². The van der Waals surface area contributed by atoms with Gasteiger partial charge in [0.1, 0.15) is 0 Å². The van der Waals surface area contributed by atoms with E-state index in [1.807, 2.05) is 16.8 Å². The number of hydrogen-bond acceptors (Lipinski definition) is 5. The SMILES string of the molecule is NC(=O)CC1CN(c2nccn3ccnc23)CCO1. The third-order valence-corrected chi connectivity index (χ3v) is 3.16. The number of anilines is 1. The van der Waals surface area contributed by atoms with Crippen LogP contribution in [0, 0.1) is 0 Å². The van der Waals surface area contributed by atoms with Crippen LogP contribution >= 0.6 is 0 Å². The predicted molar refractivity (Wildman–Crippen MR) is 68.8 cm³/mol. The molecule has 1 amide bonds. The third-order valence-electron chi connectivity index (χ3n) is 3.16. The molecular formula is C12H15N5O2. The number of fused-ring (bicyclic) bond motifs is 1. The van der Waals surface area contributed by atoms with Crippen molar-refractivity contribution in [3.05, 3.63) is 24.8 Å². The molecule has 0 spiro atoms. The zero-order valence-electron chi connectivity index (χ0n) is 10.4. The van der Waals surface area contributed by atoms with Crippen molar-refractivity contribution in [2.45, 2.75) is 12.5 Å². The summed E-state index contributed by atoms with van der Waals surface area (Å²) in [5.74, 6) is 0.462. The van der Waals surface area contributed by atoms with Gasteiger partial charge in [0.2, 0.25) is 5.91 Å². The minimum absolute atomic E-state index is 0.178. The zero-order chi connectivity index (χ0) is 13.2. The molecule has 100 valence electrons. The van der Waals surface area contributed by atoms with Crippen LogP contribution in [-0.2, 0) is 9.53 Å². The molecule has 1 saturated heterocycles. The quantitative estimate of drug-likeness (QED) is 0.827. The first-order chi connectivity index (χ1) is 9.24. The first-order valence-corrected chi connectivity index (χ1v) is 6.16. The Hall–Kier alpha value is -2.15. The number of hydrogen-bond donors (Lipinski definition) is 1. The van der Waals surface area contributed by atoms with Crippen molar-refractivity contribution in [3.63, 3.8) is 0 Å². The number of imidazole rings is 1. The molecule has 0 aliphatic carbocycles. The number of aromatic nitrogens is 3. The summed E-state index contributed by atoms with van der Waals surface area (Å²) < 4.78 is 7.45. The van der Waals surface area contributed by atoms with Gasteiger partial charge in [-0.1, -0.05) is 0 Å². The Bertz CT molecular complexity index is 597. The van der Waals surface area contributed by atoms with Gasteiger partial charge in [-0.3, -0.25) is 4.79 Å². The smallest absolute Gasteiger partial charge is 0.220 e.